The van der Waals surface area contributed by atoms with Gasteiger partial charge in [-0.2, -0.15) is 0 Å². The second kappa shape index (κ2) is 17.4. The maximum absolute atomic E-state index is 6.57. The Balaban J connectivity index is 1.13. The van der Waals surface area contributed by atoms with Crippen LogP contribution in [0.4, 0.5) is 45.5 Å². The van der Waals surface area contributed by atoms with Crippen molar-refractivity contribution in [2.24, 2.45) is 0 Å². The molecule has 1 saturated carbocycles. The molecule has 4 heterocycles. The summed E-state index contributed by atoms with van der Waals surface area (Å²) in [6.07, 6.45) is 4.62. The number of nitrogens with zero attached hydrogens (tertiary/aromatic N) is 3. The summed E-state index contributed by atoms with van der Waals surface area (Å²) in [6.45, 7) is 26.3. The van der Waals surface area contributed by atoms with Crippen molar-refractivity contribution in [1.82, 2.24) is 0 Å². The van der Waals surface area contributed by atoms with Gasteiger partial charge in [0.05, 0.1) is 11.2 Å². The van der Waals surface area contributed by atoms with E-state index in [1.54, 1.807) is 0 Å². The van der Waals surface area contributed by atoms with E-state index in [0.29, 0.717) is 0 Å². The highest BCUT2D eigenvalue weighted by molar-refractivity contribution is 7.00. The molecular formula is C74H72BN3O. The molecule has 2 atom stereocenters. The summed E-state index contributed by atoms with van der Waals surface area (Å²) in [5.74, 6) is 0. The van der Waals surface area contributed by atoms with Gasteiger partial charge in [-0.15, -0.1) is 0 Å². The molecule has 9 aromatic carbocycles. The van der Waals surface area contributed by atoms with Crippen LogP contribution < -0.4 is 31.1 Å². The van der Waals surface area contributed by atoms with E-state index in [4.69, 9.17) is 4.42 Å². The topological polar surface area (TPSA) is 22.9 Å². The zero-order chi connectivity index (χ0) is 54.5. The Hall–Kier alpha value is -7.76. The highest BCUT2D eigenvalue weighted by Crippen LogP contribution is 2.62. The van der Waals surface area contributed by atoms with Gasteiger partial charge in [-0.1, -0.05) is 197 Å². The first kappa shape index (κ1) is 49.5. The van der Waals surface area contributed by atoms with Gasteiger partial charge < -0.3 is 19.1 Å². The molecule has 14 rings (SSSR count). The van der Waals surface area contributed by atoms with Crippen LogP contribution in [0.1, 0.15) is 124 Å². The first-order valence-corrected chi connectivity index (χ1v) is 29.0. The minimum atomic E-state index is -0.213. The molecule has 79 heavy (non-hydrogen) atoms. The second-order valence-electron chi connectivity index (χ2n) is 26.9. The Morgan fingerprint density at radius 1 is 0.418 bits per heavy atom. The summed E-state index contributed by atoms with van der Waals surface area (Å²) in [5, 5.41) is 2.25. The van der Waals surface area contributed by atoms with Gasteiger partial charge in [-0.05, 0) is 164 Å². The number of furan rings is 1. The van der Waals surface area contributed by atoms with E-state index in [1.807, 2.05) is 0 Å². The zero-order valence-electron chi connectivity index (χ0n) is 48.1. The van der Waals surface area contributed by atoms with Gasteiger partial charge in [0.25, 0.3) is 6.71 Å². The van der Waals surface area contributed by atoms with Gasteiger partial charge in [-0.25, -0.2) is 0 Å². The number of hydrogen-bond acceptors (Lipinski definition) is 4. The van der Waals surface area contributed by atoms with Gasteiger partial charge in [0, 0.05) is 61.6 Å². The number of rotatable bonds is 5. The molecule has 10 aromatic rings. The quantitative estimate of drug-likeness (QED) is 0.160. The predicted octanol–water partition coefficient (Wildman–Crippen LogP) is 18.6. The zero-order valence-corrected chi connectivity index (χ0v) is 48.1. The molecule has 3 aliphatic heterocycles. The first-order chi connectivity index (χ1) is 37.8. The fourth-order valence-electron chi connectivity index (χ4n) is 14.4. The maximum Gasteiger partial charge on any atom is 0.252 e. The molecule has 0 radical (unpaired) electrons. The van der Waals surface area contributed by atoms with Crippen molar-refractivity contribution >= 4 is 90.5 Å². The van der Waals surface area contributed by atoms with Crippen molar-refractivity contribution in [3.63, 3.8) is 0 Å². The molecule has 1 aliphatic carbocycles. The van der Waals surface area contributed by atoms with Crippen molar-refractivity contribution < 1.29 is 4.42 Å². The highest BCUT2D eigenvalue weighted by Gasteiger charge is 2.58. The van der Waals surface area contributed by atoms with Crippen LogP contribution in [-0.2, 0) is 21.7 Å². The van der Waals surface area contributed by atoms with Gasteiger partial charge >= 0.3 is 0 Å². The molecule has 2 unspecified atom stereocenters. The first-order valence-electron chi connectivity index (χ1n) is 29.0. The van der Waals surface area contributed by atoms with Crippen molar-refractivity contribution in [3.05, 3.63) is 210 Å². The van der Waals surface area contributed by atoms with E-state index < -0.39 is 0 Å². The van der Waals surface area contributed by atoms with Crippen LogP contribution in [0, 0.1) is 0 Å². The van der Waals surface area contributed by atoms with E-state index in [0.717, 1.165) is 40.5 Å². The fourth-order valence-corrected chi connectivity index (χ4v) is 14.4. The minimum Gasteiger partial charge on any atom is -0.456 e. The molecular weight excluding hydrogens is 958 g/mol. The summed E-state index contributed by atoms with van der Waals surface area (Å²) >= 11 is 0. The van der Waals surface area contributed by atoms with Crippen molar-refractivity contribution in [2.75, 3.05) is 14.7 Å². The summed E-state index contributed by atoms with van der Waals surface area (Å²) in [4.78, 5) is 8.14. The number of para-hydroxylation sites is 1. The van der Waals surface area contributed by atoms with Gasteiger partial charge in [0.15, 0.2) is 0 Å². The molecule has 0 bridgehead atoms. The van der Waals surface area contributed by atoms with E-state index in [-0.39, 0.29) is 33.9 Å². The predicted molar refractivity (Wildman–Crippen MR) is 338 cm³/mol. The normalized spacial score (nSPS) is 18.6. The van der Waals surface area contributed by atoms with Crippen LogP contribution >= 0.6 is 0 Å². The van der Waals surface area contributed by atoms with Crippen molar-refractivity contribution in [1.29, 1.82) is 0 Å². The fraction of sp³-hybridized carbons (Fsp3) is 0.270. The Labute approximate surface area is 468 Å². The van der Waals surface area contributed by atoms with Crippen LogP contribution in [0.3, 0.4) is 0 Å². The van der Waals surface area contributed by atoms with Crippen LogP contribution in [-0.4, -0.2) is 12.3 Å². The lowest BCUT2D eigenvalue weighted by atomic mass is 9.33. The largest absolute Gasteiger partial charge is 0.456 e. The highest BCUT2D eigenvalue weighted by atomic mass is 16.3. The summed E-state index contributed by atoms with van der Waals surface area (Å²) in [5.41, 5.74) is 25.3. The van der Waals surface area contributed by atoms with Crippen LogP contribution in [0.2, 0.25) is 0 Å². The number of anilines is 8. The lowest BCUT2D eigenvalue weighted by molar-refractivity contribution is 0.195. The Morgan fingerprint density at radius 3 is 1.65 bits per heavy atom. The van der Waals surface area contributed by atoms with E-state index in [9.17, 15) is 0 Å². The number of fused-ring (bicyclic) bond motifs is 10. The monoisotopic (exact) mass is 1030 g/mol. The van der Waals surface area contributed by atoms with E-state index in [2.05, 4.69) is 279 Å². The van der Waals surface area contributed by atoms with Gasteiger partial charge in [0.1, 0.15) is 11.2 Å². The van der Waals surface area contributed by atoms with E-state index in [1.165, 1.54) is 114 Å². The third kappa shape index (κ3) is 7.54. The van der Waals surface area contributed by atoms with Crippen LogP contribution in [0.25, 0.3) is 44.2 Å². The molecule has 0 N–H and O–H groups in total. The third-order valence-corrected chi connectivity index (χ3v) is 19.1. The second-order valence-corrected chi connectivity index (χ2v) is 26.9. The van der Waals surface area contributed by atoms with Crippen LogP contribution in [0.15, 0.2) is 192 Å². The third-order valence-electron chi connectivity index (χ3n) is 19.1. The van der Waals surface area contributed by atoms with E-state index >= 15 is 0 Å². The molecule has 5 heteroatoms. The number of hydrogen-bond donors (Lipinski definition) is 0. The lowest BCUT2D eigenvalue weighted by Gasteiger charge is -2.51. The Kier molecular flexibility index (Phi) is 10.9. The van der Waals surface area contributed by atoms with Crippen LogP contribution in [0.5, 0.6) is 0 Å². The molecule has 4 nitrogen and oxygen atoms in total. The van der Waals surface area contributed by atoms with Crippen molar-refractivity contribution in [2.45, 2.75) is 129 Å². The average Bonchev–Trinajstić information content (AvgIpc) is 3.98. The van der Waals surface area contributed by atoms with Gasteiger partial charge in [-0.3, -0.25) is 0 Å². The summed E-state index contributed by atoms with van der Waals surface area (Å²) < 4.78 is 6.57. The average molecular weight is 1030 g/mol. The molecule has 0 saturated heterocycles. The lowest BCUT2D eigenvalue weighted by Crippen LogP contribution is -2.61. The Morgan fingerprint density at radius 2 is 0.975 bits per heavy atom. The van der Waals surface area contributed by atoms with Gasteiger partial charge in [0.2, 0.25) is 0 Å². The number of benzene rings is 9. The standard InChI is InChI=1S/C74H72BN3O/c1-70(2,3)50-31-36-61(56(41-50)48-24-16-13-17-25-48)77-64-43-52(72(7,8)9)30-34-60(64)75-59-33-29-51(71(4,5)6)42-63(59)76(53-32-37-68-57(44-53)55-26-18-19-27-67(55)79-68)65-45-54(46-66(77)69(65)75)78-62-35-28-49(47-22-14-12-15-23-47)40-58(62)73(10)38-20-21-39-74(73,78)11/h12-19,22-37,40-46H,20-21,38-39H2,1-11H3. The maximum atomic E-state index is 6.57. The Bertz CT molecular complexity index is 4100. The molecule has 0 spiro atoms. The van der Waals surface area contributed by atoms with Crippen molar-refractivity contribution in [3.8, 4) is 22.3 Å². The minimum absolute atomic E-state index is 0.0538. The SMILES string of the molecule is CC(C)(C)c1ccc(N2c3cc(C(C)(C)C)ccc3B3c4ccc(C(C)(C)C)cc4N(c4ccc5oc6ccccc6c5c4)c4cc(N5c6ccc(-c7ccccc7)cc6C6(C)CCCCC56C)cc2c43)c(-c2ccccc2)c1. The molecule has 1 fully saturated rings. The summed E-state index contributed by atoms with van der Waals surface area (Å²) in [7, 11) is 0. The molecule has 0 amide bonds. The molecule has 1 aromatic heterocycles. The smallest absolute Gasteiger partial charge is 0.252 e. The molecule has 392 valence electrons. The molecule has 4 aliphatic rings. The summed E-state index contributed by atoms with van der Waals surface area (Å²) in [6, 6.07) is 72.3.